The second-order valence-corrected chi connectivity index (χ2v) is 5.98. The summed E-state index contributed by atoms with van der Waals surface area (Å²) in [6.07, 6.45) is 5.28. The van der Waals surface area contributed by atoms with Crippen molar-refractivity contribution in [2.24, 2.45) is 0 Å². The topological polar surface area (TPSA) is 33.2 Å². The fourth-order valence-electron chi connectivity index (χ4n) is 2.75. The summed E-state index contributed by atoms with van der Waals surface area (Å²) in [4.78, 5) is 18.5. The van der Waals surface area contributed by atoms with Gasteiger partial charge in [0.1, 0.15) is 5.82 Å². The first kappa shape index (κ1) is 14.2. The summed E-state index contributed by atoms with van der Waals surface area (Å²) in [5, 5.41) is 0. The van der Waals surface area contributed by atoms with Crippen LogP contribution >= 0.6 is 15.9 Å². The Morgan fingerprint density at radius 1 is 1.38 bits per heavy atom. The molecule has 0 spiro atoms. The number of aromatic nitrogens is 1. The third-order valence-corrected chi connectivity index (χ3v) is 4.24. The van der Waals surface area contributed by atoms with E-state index in [4.69, 9.17) is 0 Å². The molecular formula is C16H14BrFN2O. The van der Waals surface area contributed by atoms with Crippen LogP contribution in [0, 0.1) is 5.82 Å². The average Bonchev–Trinajstić information content (AvgIpc) is 2.97. The van der Waals surface area contributed by atoms with Crippen molar-refractivity contribution in [1.82, 2.24) is 9.88 Å². The molecule has 1 saturated heterocycles. The molecule has 5 heteroatoms. The summed E-state index contributed by atoms with van der Waals surface area (Å²) in [7, 11) is 0. The molecule has 1 aliphatic rings. The molecule has 1 amide bonds. The monoisotopic (exact) mass is 348 g/mol. The van der Waals surface area contributed by atoms with Gasteiger partial charge in [-0.05, 0) is 42.7 Å². The largest absolute Gasteiger partial charge is 0.331 e. The van der Waals surface area contributed by atoms with Crippen LogP contribution in [-0.2, 0) is 0 Å². The predicted octanol–water partition coefficient (Wildman–Crippen LogP) is 3.96. The molecule has 1 aromatic heterocycles. The summed E-state index contributed by atoms with van der Waals surface area (Å²) in [6.45, 7) is 0.647. The molecule has 0 saturated carbocycles. The van der Waals surface area contributed by atoms with Crippen LogP contribution < -0.4 is 0 Å². The normalized spacial score (nSPS) is 18.0. The van der Waals surface area contributed by atoms with Crippen molar-refractivity contribution in [1.29, 1.82) is 0 Å². The van der Waals surface area contributed by atoms with E-state index in [1.165, 1.54) is 12.1 Å². The number of hydrogen-bond acceptors (Lipinski definition) is 2. The molecule has 0 radical (unpaired) electrons. The van der Waals surface area contributed by atoms with E-state index in [1.54, 1.807) is 23.4 Å². The minimum Gasteiger partial charge on any atom is -0.331 e. The van der Waals surface area contributed by atoms with E-state index in [0.29, 0.717) is 11.0 Å². The number of hydrogen-bond donors (Lipinski definition) is 0. The standard InChI is InChI=1S/C16H14BrFN2O/c17-12-5-6-13(14(18)9-12)16(21)20-8-2-4-15(20)11-3-1-7-19-10-11/h1,3,5-7,9-10,15H,2,4,8H2. The molecule has 2 heterocycles. The van der Waals surface area contributed by atoms with E-state index < -0.39 is 5.82 Å². The van der Waals surface area contributed by atoms with Crippen LogP contribution in [0.2, 0.25) is 0 Å². The summed E-state index contributed by atoms with van der Waals surface area (Å²) >= 11 is 3.20. The number of carbonyl (C=O) groups is 1. The van der Waals surface area contributed by atoms with Gasteiger partial charge in [-0.25, -0.2) is 4.39 Å². The van der Waals surface area contributed by atoms with Gasteiger partial charge in [0.2, 0.25) is 0 Å². The summed E-state index contributed by atoms with van der Waals surface area (Å²) in [5.74, 6) is -0.752. The second kappa shape index (κ2) is 5.93. The first-order chi connectivity index (χ1) is 10.2. The predicted molar refractivity (Wildman–Crippen MR) is 81.3 cm³/mol. The molecule has 108 valence electrons. The van der Waals surface area contributed by atoms with Crippen LogP contribution in [0.1, 0.15) is 34.8 Å². The molecule has 2 aromatic rings. The molecule has 3 nitrogen and oxygen atoms in total. The maximum Gasteiger partial charge on any atom is 0.257 e. The van der Waals surface area contributed by atoms with Gasteiger partial charge in [-0.3, -0.25) is 9.78 Å². The smallest absolute Gasteiger partial charge is 0.257 e. The van der Waals surface area contributed by atoms with Gasteiger partial charge < -0.3 is 4.90 Å². The summed E-state index contributed by atoms with van der Waals surface area (Å²) < 4.78 is 14.6. The van der Waals surface area contributed by atoms with Gasteiger partial charge in [0.15, 0.2) is 0 Å². The van der Waals surface area contributed by atoms with E-state index >= 15 is 0 Å². The average molecular weight is 349 g/mol. The number of rotatable bonds is 2. The third-order valence-electron chi connectivity index (χ3n) is 3.74. The molecule has 1 aliphatic heterocycles. The van der Waals surface area contributed by atoms with Crippen molar-refractivity contribution in [2.45, 2.75) is 18.9 Å². The van der Waals surface area contributed by atoms with Crippen LogP contribution in [0.4, 0.5) is 4.39 Å². The van der Waals surface area contributed by atoms with E-state index in [2.05, 4.69) is 20.9 Å². The minimum atomic E-state index is -0.494. The lowest BCUT2D eigenvalue weighted by Gasteiger charge is -2.25. The first-order valence-electron chi connectivity index (χ1n) is 6.83. The third kappa shape index (κ3) is 2.83. The zero-order chi connectivity index (χ0) is 14.8. The minimum absolute atomic E-state index is 0.0192. The van der Waals surface area contributed by atoms with Crippen molar-refractivity contribution < 1.29 is 9.18 Å². The number of benzene rings is 1. The molecule has 1 aromatic carbocycles. The second-order valence-electron chi connectivity index (χ2n) is 5.07. The van der Waals surface area contributed by atoms with Crippen LogP contribution in [-0.4, -0.2) is 22.3 Å². The first-order valence-corrected chi connectivity index (χ1v) is 7.62. The van der Waals surface area contributed by atoms with Crippen molar-refractivity contribution in [2.75, 3.05) is 6.54 Å². The molecular weight excluding hydrogens is 335 g/mol. The highest BCUT2D eigenvalue weighted by molar-refractivity contribution is 9.10. The highest BCUT2D eigenvalue weighted by Gasteiger charge is 2.31. The molecule has 1 atom stereocenters. The fraction of sp³-hybridized carbons (Fsp3) is 0.250. The van der Waals surface area contributed by atoms with E-state index in [-0.39, 0.29) is 17.5 Å². The Morgan fingerprint density at radius 2 is 2.24 bits per heavy atom. The molecule has 1 fully saturated rings. The highest BCUT2D eigenvalue weighted by atomic mass is 79.9. The Hall–Kier alpha value is -1.75. The van der Waals surface area contributed by atoms with E-state index in [9.17, 15) is 9.18 Å². The van der Waals surface area contributed by atoms with E-state index in [0.717, 1.165) is 18.4 Å². The maximum absolute atomic E-state index is 14.0. The van der Waals surface area contributed by atoms with E-state index in [1.807, 2.05) is 12.1 Å². The van der Waals surface area contributed by atoms with Gasteiger partial charge in [-0.1, -0.05) is 22.0 Å². The van der Waals surface area contributed by atoms with Gasteiger partial charge in [-0.15, -0.1) is 0 Å². The fourth-order valence-corrected chi connectivity index (χ4v) is 3.08. The van der Waals surface area contributed by atoms with Gasteiger partial charge in [0.25, 0.3) is 5.91 Å². The zero-order valence-corrected chi connectivity index (χ0v) is 12.9. The number of carbonyl (C=O) groups excluding carboxylic acids is 1. The van der Waals surface area contributed by atoms with Crippen molar-refractivity contribution in [3.63, 3.8) is 0 Å². The van der Waals surface area contributed by atoms with Gasteiger partial charge >= 0.3 is 0 Å². The van der Waals surface area contributed by atoms with Gasteiger partial charge in [0, 0.05) is 23.4 Å². The molecule has 0 N–H and O–H groups in total. The van der Waals surface area contributed by atoms with Crippen molar-refractivity contribution in [3.05, 3.63) is 64.1 Å². The number of amides is 1. The number of pyridine rings is 1. The molecule has 0 bridgehead atoms. The lowest BCUT2D eigenvalue weighted by molar-refractivity contribution is 0.0730. The Balaban J connectivity index is 1.90. The number of likely N-dealkylation sites (tertiary alicyclic amines) is 1. The van der Waals surface area contributed by atoms with Crippen LogP contribution in [0.3, 0.4) is 0 Å². The Labute approximate surface area is 130 Å². The van der Waals surface area contributed by atoms with Crippen LogP contribution in [0.5, 0.6) is 0 Å². The number of halogens is 2. The molecule has 1 unspecified atom stereocenters. The van der Waals surface area contributed by atoms with Crippen LogP contribution in [0.25, 0.3) is 0 Å². The summed E-state index contributed by atoms with van der Waals surface area (Å²) in [5.41, 5.74) is 1.12. The maximum atomic E-state index is 14.0. The SMILES string of the molecule is O=C(c1ccc(Br)cc1F)N1CCCC1c1cccnc1. The van der Waals surface area contributed by atoms with Gasteiger partial charge in [-0.2, -0.15) is 0 Å². The number of nitrogens with zero attached hydrogens (tertiary/aromatic N) is 2. The summed E-state index contributed by atoms with van der Waals surface area (Å²) in [6, 6.07) is 8.33. The van der Waals surface area contributed by atoms with Crippen LogP contribution in [0.15, 0.2) is 47.2 Å². The Morgan fingerprint density at radius 3 is 2.95 bits per heavy atom. The van der Waals surface area contributed by atoms with Gasteiger partial charge in [0.05, 0.1) is 11.6 Å². The highest BCUT2D eigenvalue weighted by Crippen LogP contribution is 2.33. The van der Waals surface area contributed by atoms with Crippen molar-refractivity contribution >= 4 is 21.8 Å². The molecule has 3 rings (SSSR count). The Kier molecular flexibility index (Phi) is 4.01. The lowest BCUT2D eigenvalue weighted by atomic mass is 10.1. The van der Waals surface area contributed by atoms with Crippen molar-refractivity contribution in [3.8, 4) is 0 Å². The zero-order valence-electron chi connectivity index (χ0n) is 11.3. The molecule has 21 heavy (non-hydrogen) atoms. The lowest BCUT2D eigenvalue weighted by Crippen LogP contribution is -2.31. The quantitative estimate of drug-likeness (QED) is 0.822. The Bertz CT molecular complexity index is 663. The molecule has 0 aliphatic carbocycles.